The van der Waals surface area contributed by atoms with E-state index in [2.05, 4.69) is 5.32 Å². The summed E-state index contributed by atoms with van der Waals surface area (Å²) >= 11 is 0. The fourth-order valence-electron chi connectivity index (χ4n) is 3.90. The maximum absolute atomic E-state index is 13.7. The number of benzene rings is 3. The molecule has 5 nitrogen and oxygen atoms in total. The van der Waals surface area contributed by atoms with E-state index < -0.39 is 23.3 Å². The summed E-state index contributed by atoms with van der Waals surface area (Å²) in [5.41, 5.74) is 1.16. The van der Waals surface area contributed by atoms with Gasteiger partial charge >= 0.3 is 6.03 Å². The van der Waals surface area contributed by atoms with Crippen molar-refractivity contribution in [3.8, 4) is 0 Å². The lowest BCUT2D eigenvalue weighted by Crippen LogP contribution is -2.65. The van der Waals surface area contributed by atoms with Crippen molar-refractivity contribution in [2.45, 2.75) is 19.4 Å². The average molecular weight is 398 g/mol. The van der Waals surface area contributed by atoms with Crippen LogP contribution in [-0.4, -0.2) is 22.7 Å². The number of carbonyl (C=O) groups is 3. The lowest BCUT2D eigenvalue weighted by molar-refractivity contribution is -0.152. The van der Waals surface area contributed by atoms with Gasteiger partial charge in [-0.2, -0.15) is 0 Å². The summed E-state index contributed by atoms with van der Waals surface area (Å²) in [6.07, 6.45) is 0.429. The Kier molecular flexibility index (Phi) is 5.44. The van der Waals surface area contributed by atoms with Crippen LogP contribution in [0.25, 0.3) is 0 Å². The SMILES string of the molecule is O=C1NC(=O)C(Cc2ccccc2)(Cc2ccccc2)C(=O)N1Cc1ccccc1. The summed E-state index contributed by atoms with van der Waals surface area (Å²) < 4.78 is 0. The van der Waals surface area contributed by atoms with E-state index in [4.69, 9.17) is 0 Å². The second-order valence-corrected chi connectivity index (χ2v) is 7.54. The van der Waals surface area contributed by atoms with Crippen LogP contribution in [0.1, 0.15) is 16.7 Å². The van der Waals surface area contributed by atoms with Gasteiger partial charge in [-0.05, 0) is 29.5 Å². The average Bonchev–Trinajstić information content (AvgIpc) is 2.77. The first-order valence-electron chi connectivity index (χ1n) is 9.88. The van der Waals surface area contributed by atoms with Gasteiger partial charge in [0.1, 0.15) is 5.41 Å². The second-order valence-electron chi connectivity index (χ2n) is 7.54. The largest absolute Gasteiger partial charge is 0.331 e. The van der Waals surface area contributed by atoms with Crippen LogP contribution >= 0.6 is 0 Å². The first-order valence-corrected chi connectivity index (χ1v) is 9.88. The molecule has 150 valence electrons. The molecule has 1 N–H and O–H groups in total. The highest BCUT2D eigenvalue weighted by Crippen LogP contribution is 2.34. The highest BCUT2D eigenvalue weighted by molar-refractivity contribution is 6.19. The molecule has 3 aromatic carbocycles. The number of hydrogen-bond donors (Lipinski definition) is 1. The molecule has 3 aromatic rings. The van der Waals surface area contributed by atoms with Crippen LogP contribution in [0, 0.1) is 5.41 Å². The summed E-state index contributed by atoms with van der Waals surface area (Å²) in [7, 11) is 0. The molecule has 0 saturated carbocycles. The molecule has 4 amide bonds. The lowest BCUT2D eigenvalue weighted by Gasteiger charge is -2.39. The number of urea groups is 1. The molecule has 0 radical (unpaired) electrons. The van der Waals surface area contributed by atoms with Crippen LogP contribution < -0.4 is 5.32 Å². The second kappa shape index (κ2) is 8.33. The molecule has 1 aliphatic heterocycles. The number of barbiturate groups is 1. The van der Waals surface area contributed by atoms with Gasteiger partial charge in [0.15, 0.2) is 0 Å². The Morgan fingerprint density at radius 3 is 1.53 bits per heavy atom. The summed E-state index contributed by atoms with van der Waals surface area (Å²) in [4.78, 5) is 40.6. The molecule has 5 heteroatoms. The zero-order chi connectivity index (χ0) is 21.0. The first kappa shape index (κ1) is 19.6. The Balaban J connectivity index is 1.74. The minimum Gasteiger partial charge on any atom is -0.277 e. The molecule has 0 atom stereocenters. The van der Waals surface area contributed by atoms with Crippen LogP contribution in [0.3, 0.4) is 0 Å². The van der Waals surface area contributed by atoms with Gasteiger partial charge in [-0.1, -0.05) is 91.0 Å². The number of rotatable bonds is 6. The van der Waals surface area contributed by atoms with E-state index in [-0.39, 0.29) is 19.4 Å². The van der Waals surface area contributed by atoms with E-state index in [0.29, 0.717) is 0 Å². The van der Waals surface area contributed by atoms with E-state index in [0.717, 1.165) is 21.6 Å². The van der Waals surface area contributed by atoms with Crippen molar-refractivity contribution in [3.63, 3.8) is 0 Å². The van der Waals surface area contributed by atoms with Gasteiger partial charge in [0.2, 0.25) is 11.8 Å². The summed E-state index contributed by atoms with van der Waals surface area (Å²) in [5.74, 6) is -1.01. The van der Waals surface area contributed by atoms with Crippen LogP contribution in [0.5, 0.6) is 0 Å². The number of carbonyl (C=O) groups excluding carboxylic acids is 3. The molecule has 0 aromatic heterocycles. The minimum absolute atomic E-state index is 0.115. The van der Waals surface area contributed by atoms with Gasteiger partial charge < -0.3 is 0 Å². The Bertz CT molecular complexity index is 1010. The van der Waals surface area contributed by atoms with Gasteiger partial charge in [0.05, 0.1) is 6.54 Å². The normalized spacial score (nSPS) is 15.7. The summed E-state index contributed by atoms with van der Waals surface area (Å²) in [6, 6.07) is 27.5. The number of nitrogens with zero attached hydrogens (tertiary/aromatic N) is 1. The molecule has 0 spiro atoms. The third-order valence-corrected chi connectivity index (χ3v) is 5.44. The van der Waals surface area contributed by atoms with Gasteiger partial charge in [0.25, 0.3) is 0 Å². The lowest BCUT2D eigenvalue weighted by atomic mass is 9.73. The maximum Gasteiger partial charge on any atom is 0.331 e. The smallest absolute Gasteiger partial charge is 0.277 e. The molecular formula is C25H22N2O3. The van der Waals surface area contributed by atoms with E-state index in [1.165, 1.54) is 0 Å². The Morgan fingerprint density at radius 1 is 0.633 bits per heavy atom. The zero-order valence-corrected chi connectivity index (χ0v) is 16.5. The molecule has 0 unspecified atom stereocenters. The Hall–Kier alpha value is -3.73. The minimum atomic E-state index is -1.40. The van der Waals surface area contributed by atoms with Crippen LogP contribution in [0.4, 0.5) is 4.79 Å². The molecule has 0 aliphatic carbocycles. The molecule has 1 aliphatic rings. The number of hydrogen-bond acceptors (Lipinski definition) is 3. The molecular weight excluding hydrogens is 376 g/mol. The van der Waals surface area contributed by atoms with Gasteiger partial charge in [-0.25, -0.2) is 4.79 Å². The molecule has 30 heavy (non-hydrogen) atoms. The zero-order valence-electron chi connectivity index (χ0n) is 16.5. The van der Waals surface area contributed by atoms with Gasteiger partial charge in [-0.15, -0.1) is 0 Å². The van der Waals surface area contributed by atoms with Crippen LogP contribution in [0.15, 0.2) is 91.0 Å². The molecule has 4 rings (SSSR count). The van der Waals surface area contributed by atoms with Crippen molar-refractivity contribution in [3.05, 3.63) is 108 Å². The predicted octanol–water partition coefficient (Wildman–Crippen LogP) is 3.74. The van der Waals surface area contributed by atoms with E-state index in [1.807, 2.05) is 91.0 Å². The van der Waals surface area contributed by atoms with Crippen molar-refractivity contribution in [1.29, 1.82) is 0 Å². The third-order valence-electron chi connectivity index (χ3n) is 5.44. The van der Waals surface area contributed by atoms with E-state index in [9.17, 15) is 14.4 Å². The van der Waals surface area contributed by atoms with Crippen molar-refractivity contribution >= 4 is 17.8 Å². The van der Waals surface area contributed by atoms with Crippen LogP contribution in [-0.2, 0) is 29.0 Å². The van der Waals surface area contributed by atoms with Crippen molar-refractivity contribution in [2.75, 3.05) is 0 Å². The number of imide groups is 2. The Morgan fingerprint density at radius 2 is 1.07 bits per heavy atom. The summed E-state index contributed by atoms with van der Waals surface area (Å²) in [5, 5.41) is 2.44. The van der Waals surface area contributed by atoms with Crippen molar-refractivity contribution in [1.82, 2.24) is 10.2 Å². The quantitative estimate of drug-likeness (QED) is 0.644. The topological polar surface area (TPSA) is 66.5 Å². The standard InChI is InChI=1S/C25H22N2O3/c28-22-25(16-19-10-4-1-5-11-19,17-20-12-6-2-7-13-20)23(29)27(24(30)26-22)18-21-14-8-3-9-15-21/h1-15H,16-18H2,(H,26,28,30). The number of nitrogens with one attached hydrogen (secondary N) is 1. The predicted molar refractivity (Wildman–Crippen MR) is 113 cm³/mol. The van der Waals surface area contributed by atoms with Crippen molar-refractivity contribution < 1.29 is 14.4 Å². The highest BCUT2D eigenvalue weighted by atomic mass is 16.2. The van der Waals surface area contributed by atoms with Crippen LogP contribution in [0.2, 0.25) is 0 Å². The third kappa shape index (κ3) is 3.87. The molecule has 1 saturated heterocycles. The van der Waals surface area contributed by atoms with Gasteiger partial charge in [0, 0.05) is 0 Å². The Labute approximate surface area is 175 Å². The maximum atomic E-state index is 13.7. The first-order chi connectivity index (χ1) is 14.6. The molecule has 1 fully saturated rings. The fourth-order valence-corrected chi connectivity index (χ4v) is 3.90. The molecule has 0 bridgehead atoms. The van der Waals surface area contributed by atoms with E-state index in [1.54, 1.807) is 0 Å². The van der Waals surface area contributed by atoms with Gasteiger partial charge in [-0.3, -0.25) is 19.8 Å². The fraction of sp³-hybridized carbons (Fsp3) is 0.160. The van der Waals surface area contributed by atoms with E-state index >= 15 is 0 Å². The molecule has 1 heterocycles. The number of amides is 4. The highest BCUT2D eigenvalue weighted by Gasteiger charge is 2.53. The van der Waals surface area contributed by atoms with Crippen molar-refractivity contribution in [2.24, 2.45) is 5.41 Å². The summed E-state index contributed by atoms with van der Waals surface area (Å²) in [6.45, 7) is 0.115. The monoisotopic (exact) mass is 398 g/mol.